The van der Waals surface area contributed by atoms with Gasteiger partial charge in [-0.3, -0.25) is 4.99 Å². The van der Waals surface area contributed by atoms with Crippen molar-refractivity contribution in [2.45, 2.75) is 31.8 Å². The lowest BCUT2D eigenvalue weighted by Gasteiger charge is -2.37. The van der Waals surface area contributed by atoms with Crippen molar-refractivity contribution >= 4 is 17.8 Å². The number of nitrogens with zero attached hydrogens (tertiary/aromatic N) is 2. The lowest BCUT2D eigenvalue weighted by Crippen LogP contribution is -2.43. The van der Waals surface area contributed by atoms with Gasteiger partial charge in [0.25, 0.3) is 0 Å². The van der Waals surface area contributed by atoms with Crippen LogP contribution in [0.3, 0.4) is 0 Å². The van der Waals surface area contributed by atoms with Gasteiger partial charge in [-0.25, -0.2) is 0 Å². The zero-order valence-electron chi connectivity index (χ0n) is 7.08. The standard InChI is InChI=1S/C8H13ClN2/c1-8(2,3)11-5-4-10-6-7(11)9/h4-7H,1-3H3. The molecule has 0 aliphatic carbocycles. The number of halogens is 1. The summed E-state index contributed by atoms with van der Waals surface area (Å²) in [5.74, 6) is 0. The number of aliphatic imine (C=N–C) groups is 1. The second-order valence-corrected chi connectivity index (χ2v) is 3.99. The van der Waals surface area contributed by atoms with Gasteiger partial charge in [-0.15, -0.1) is 0 Å². The number of hydrogen-bond acceptors (Lipinski definition) is 2. The van der Waals surface area contributed by atoms with Gasteiger partial charge in [0.1, 0.15) is 5.50 Å². The summed E-state index contributed by atoms with van der Waals surface area (Å²) in [6.07, 6.45) is 5.40. The molecule has 0 spiro atoms. The highest BCUT2D eigenvalue weighted by Gasteiger charge is 2.24. The first-order valence-corrected chi connectivity index (χ1v) is 4.08. The quantitative estimate of drug-likeness (QED) is 0.404. The van der Waals surface area contributed by atoms with Crippen LogP contribution in [0.25, 0.3) is 0 Å². The van der Waals surface area contributed by atoms with E-state index in [1.165, 1.54) is 0 Å². The molecule has 62 valence electrons. The molecule has 1 heterocycles. The Hall–Kier alpha value is -0.500. The SMILES string of the molecule is CC(C)(C)N1C=CN=CC1Cl. The van der Waals surface area contributed by atoms with E-state index in [0.29, 0.717) is 0 Å². The van der Waals surface area contributed by atoms with Crippen LogP contribution >= 0.6 is 11.6 Å². The summed E-state index contributed by atoms with van der Waals surface area (Å²) in [7, 11) is 0. The van der Waals surface area contributed by atoms with Crippen LogP contribution in [-0.2, 0) is 0 Å². The Kier molecular flexibility index (Phi) is 2.23. The molecule has 1 rings (SSSR count). The minimum Gasteiger partial charge on any atom is -0.351 e. The van der Waals surface area contributed by atoms with E-state index in [1.54, 1.807) is 12.4 Å². The zero-order valence-corrected chi connectivity index (χ0v) is 7.84. The molecule has 2 nitrogen and oxygen atoms in total. The largest absolute Gasteiger partial charge is 0.351 e. The maximum atomic E-state index is 5.99. The van der Waals surface area contributed by atoms with E-state index in [4.69, 9.17) is 11.6 Å². The molecule has 0 amide bonds. The summed E-state index contributed by atoms with van der Waals surface area (Å²) in [6.45, 7) is 6.35. The minimum atomic E-state index is -0.111. The monoisotopic (exact) mass is 172 g/mol. The highest BCUT2D eigenvalue weighted by molar-refractivity contribution is 6.28. The Bertz CT molecular complexity index is 191. The molecule has 0 aromatic heterocycles. The van der Waals surface area contributed by atoms with Crippen LogP contribution in [0.5, 0.6) is 0 Å². The fourth-order valence-corrected chi connectivity index (χ4v) is 1.40. The van der Waals surface area contributed by atoms with Crippen molar-refractivity contribution in [1.82, 2.24) is 4.90 Å². The third-order valence-corrected chi connectivity index (χ3v) is 1.89. The second kappa shape index (κ2) is 2.86. The second-order valence-electron chi connectivity index (χ2n) is 3.55. The summed E-state index contributed by atoms with van der Waals surface area (Å²) in [6, 6.07) is 0. The molecule has 1 aliphatic rings. The molecular formula is C8H13ClN2. The molecule has 0 aromatic rings. The summed E-state index contributed by atoms with van der Waals surface area (Å²) in [5.41, 5.74) is -0.0463. The first kappa shape index (κ1) is 8.60. The zero-order chi connectivity index (χ0) is 8.48. The molecule has 3 heteroatoms. The van der Waals surface area contributed by atoms with Crippen LogP contribution in [0.4, 0.5) is 0 Å². The lowest BCUT2D eigenvalue weighted by molar-refractivity contribution is 0.215. The molecule has 0 N–H and O–H groups in total. The van der Waals surface area contributed by atoms with Gasteiger partial charge in [-0.2, -0.15) is 0 Å². The van der Waals surface area contributed by atoms with Crippen LogP contribution in [-0.4, -0.2) is 22.2 Å². The molecule has 0 saturated carbocycles. The van der Waals surface area contributed by atoms with Crippen molar-refractivity contribution < 1.29 is 0 Å². The molecule has 1 atom stereocenters. The summed E-state index contributed by atoms with van der Waals surface area (Å²) < 4.78 is 0. The van der Waals surface area contributed by atoms with Gasteiger partial charge >= 0.3 is 0 Å². The lowest BCUT2D eigenvalue weighted by atomic mass is 10.1. The predicted molar refractivity (Wildman–Crippen MR) is 48.9 cm³/mol. The van der Waals surface area contributed by atoms with E-state index in [-0.39, 0.29) is 11.0 Å². The van der Waals surface area contributed by atoms with Gasteiger partial charge in [0.05, 0.1) is 0 Å². The topological polar surface area (TPSA) is 15.6 Å². The summed E-state index contributed by atoms with van der Waals surface area (Å²) in [5, 5.41) is 0. The van der Waals surface area contributed by atoms with Gasteiger partial charge < -0.3 is 4.90 Å². The molecule has 1 aliphatic heterocycles. The van der Waals surface area contributed by atoms with Gasteiger partial charge in [0.15, 0.2) is 0 Å². The van der Waals surface area contributed by atoms with Crippen molar-refractivity contribution in [3.63, 3.8) is 0 Å². The van der Waals surface area contributed by atoms with Crippen molar-refractivity contribution in [2.75, 3.05) is 0 Å². The molecular weight excluding hydrogens is 160 g/mol. The number of hydrogen-bond donors (Lipinski definition) is 0. The maximum absolute atomic E-state index is 5.99. The van der Waals surface area contributed by atoms with E-state index < -0.39 is 0 Å². The molecule has 0 fully saturated rings. The average molecular weight is 173 g/mol. The predicted octanol–water partition coefficient (Wildman–Crippen LogP) is 2.21. The number of rotatable bonds is 0. The Morgan fingerprint density at radius 3 is 2.45 bits per heavy atom. The first-order chi connectivity index (χ1) is 5.02. The Balaban J connectivity index is 2.74. The first-order valence-electron chi connectivity index (χ1n) is 3.64. The van der Waals surface area contributed by atoms with E-state index >= 15 is 0 Å². The van der Waals surface area contributed by atoms with Gasteiger partial charge in [0, 0.05) is 24.2 Å². The fourth-order valence-electron chi connectivity index (χ4n) is 0.979. The Morgan fingerprint density at radius 2 is 2.09 bits per heavy atom. The van der Waals surface area contributed by atoms with E-state index in [1.807, 2.05) is 6.20 Å². The Morgan fingerprint density at radius 1 is 1.45 bits per heavy atom. The highest BCUT2D eigenvalue weighted by Crippen LogP contribution is 2.20. The fraction of sp³-hybridized carbons (Fsp3) is 0.625. The van der Waals surface area contributed by atoms with Crippen molar-refractivity contribution in [2.24, 2.45) is 4.99 Å². The molecule has 0 bridgehead atoms. The van der Waals surface area contributed by atoms with Crippen LogP contribution in [0.2, 0.25) is 0 Å². The summed E-state index contributed by atoms with van der Waals surface area (Å²) in [4.78, 5) is 6.00. The smallest absolute Gasteiger partial charge is 0.140 e. The molecule has 1 unspecified atom stereocenters. The average Bonchev–Trinajstić information content (AvgIpc) is 1.86. The Labute approximate surface area is 72.6 Å². The van der Waals surface area contributed by atoms with Crippen LogP contribution in [0, 0.1) is 0 Å². The van der Waals surface area contributed by atoms with E-state index in [2.05, 4.69) is 30.7 Å². The van der Waals surface area contributed by atoms with Gasteiger partial charge in [-0.1, -0.05) is 11.6 Å². The van der Waals surface area contributed by atoms with Crippen molar-refractivity contribution in [1.29, 1.82) is 0 Å². The van der Waals surface area contributed by atoms with E-state index in [9.17, 15) is 0 Å². The van der Waals surface area contributed by atoms with Gasteiger partial charge in [0.2, 0.25) is 0 Å². The summed E-state index contributed by atoms with van der Waals surface area (Å²) >= 11 is 5.99. The minimum absolute atomic E-state index is 0.0648. The van der Waals surface area contributed by atoms with Crippen molar-refractivity contribution in [3.8, 4) is 0 Å². The normalized spacial score (nSPS) is 24.4. The van der Waals surface area contributed by atoms with Gasteiger partial charge in [-0.05, 0) is 20.8 Å². The molecule has 11 heavy (non-hydrogen) atoms. The molecule has 0 saturated heterocycles. The highest BCUT2D eigenvalue weighted by atomic mass is 35.5. The molecule has 0 aromatic carbocycles. The van der Waals surface area contributed by atoms with E-state index in [0.717, 1.165) is 0 Å². The van der Waals surface area contributed by atoms with Crippen LogP contribution in [0.15, 0.2) is 17.4 Å². The van der Waals surface area contributed by atoms with Crippen molar-refractivity contribution in [3.05, 3.63) is 12.4 Å². The number of alkyl halides is 1. The van der Waals surface area contributed by atoms with Crippen LogP contribution in [0.1, 0.15) is 20.8 Å². The third kappa shape index (κ3) is 1.96. The molecule has 0 radical (unpaired) electrons. The van der Waals surface area contributed by atoms with Crippen LogP contribution < -0.4 is 0 Å². The maximum Gasteiger partial charge on any atom is 0.140 e. The third-order valence-electron chi connectivity index (χ3n) is 1.56.